The first kappa shape index (κ1) is 26.5. The van der Waals surface area contributed by atoms with Crippen LogP contribution in [0.4, 0.5) is 15.9 Å². The second kappa shape index (κ2) is 12.1. The van der Waals surface area contributed by atoms with Crippen molar-refractivity contribution in [1.29, 1.82) is 0 Å². The van der Waals surface area contributed by atoms with E-state index in [2.05, 4.69) is 39.4 Å². The lowest BCUT2D eigenvalue weighted by Crippen LogP contribution is -2.46. The Morgan fingerprint density at radius 2 is 1.78 bits per heavy atom. The number of rotatable bonds is 9. The molecular weight excluding hydrogens is 497 g/mol. The van der Waals surface area contributed by atoms with Gasteiger partial charge in [-0.2, -0.15) is 0 Å². The zero-order chi connectivity index (χ0) is 25.7. The number of nitrogens with zero attached hydrogens (tertiary/aromatic N) is 4. The van der Waals surface area contributed by atoms with E-state index in [4.69, 9.17) is 21.6 Å². The summed E-state index contributed by atoms with van der Waals surface area (Å²) < 4.78 is 25.5. The van der Waals surface area contributed by atoms with Crippen molar-refractivity contribution in [2.24, 2.45) is 0 Å². The van der Waals surface area contributed by atoms with Crippen LogP contribution >= 0.6 is 11.6 Å². The van der Waals surface area contributed by atoms with Gasteiger partial charge in [-0.15, -0.1) is 0 Å². The van der Waals surface area contributed by atoms with Gasteiger partial charge in [0.2, 0.25) is 0 Å². The van der Waals surface area contributed by atoms with Crippen LogP contribution in [0.5, 0.6) is 0 Å². The first-order valence-electron chi connectivity index (χ1n) is 12.2. The summed E-state index contributed by atoms with van der Waals surface area (Å²) >= 11 is 5.87. The van der Waals surface area contributed by atoms with Crippen molar-refractivity contribution in [3.8, 4) is 11.4 Å². The summed E-state index contributed by atoms with van der Waals surface area (Å²) in [5, 5.41) is 3.64. The maximum atomic E-state index is 14.2. The molecule has 4 rings (SSSR count). The maximum absolute atomic E-state index is 14.2. The van der Waals surface area contributed by atoms with Gasteiger partial charge in [-0.05, 0) is 63.2 Å². The average molecular weight is 530 g/mol. The predicted molar refractivity (Wildman–Crippen MR) is 148 cm³/mol. The molecule has 0 saturated carbocycles. The number of hydrogen-bond donors (Lipinski definition) is 1. The third kappa shape index (κ3) is 6.81. The molecule has 0 bridgehead atoms. The molecule has 1 atom stereocenters. The summed E-state index contributed by atoms with van der Waals surface area (Å²) in [7, 11) is -0.712. The van der Waals surface area contributed by atoms with Crippen LogP contribution in [0.2, 0.25) is 5.02 Å². The van der Waals surface area contributed by atoms with Crippen molar-refractivity contribution in [1.82, 2.24) is 14.9 Å². The topological polar surface area (TPSA) is 61.4 Å². The van der Waals surface area contributed by atoms with Crippen LogP contribution < -0.4 is 10.2 Å². The maximum Gasteiger partial charge on any atom is 0.161 e. The third-order valence-electron chi connectivity index (χ3n) is 6.62. The van der Waals surface area contributed by atoms with E-state index < -0.39 is 10.8 Å². The number of piperazine rings is 1. The van der Waals surface area contributed by atoms with E-state index >= 15 is 0 Å². The van der Waals surface area contributed by atoms with Gasteiger partial charge in [0.15, 0.2) is 5.82 Å². The van der Waals surface area contributed by atoms with E-state index in [1.54, 1.807) is 18.4 Å². The molecule has 1 aliphatic rings. The Labute approximate surface area is 220 Å². The number of halogens is 2. The molecule has 0 aliphatic carbocycles. The van der Waals surface area contributed by atoms with E-state index in [1.165, 1.54) is 11.8 Å². The second-order valence-electron chi connectivity index (χ2n) is 9.20. The second-order valence-corrected chi connectivity index (χ2v) is 11.2. The normalized spacial score (nSPS) is 15.2. The zero-order valence-electron chi connectivity index (χ0n) is 21.1. The van der Waals surface area contributed by atoms with Crippen molar-refractivity contribution < 1.29 is 8.60 Å². The lowest BCUT2D eigenvalue weighted by atomic mass is 10.1. The van der Waals surface area contributed by atoms with Crippen LogP contribution in [-0.2, 0) is 17.3 Å². The summed E-state index contributed by atoms with van der Waals surface area (Å²) in [6, 6.07) is 13.1. The standard InChI is InChI=1S/C27H33ClFN5OS/c1-19-20(2)31-27(32-26(19)30-18-22-5-8-23(28)17-25(22)29)21-6-9-24(10-7-21)34-14-12-33(13-15-34)11-4-16-36(3)35/h5-10,17H,4,11-16,18H2,1-3H3,(H,30,31,32). The molecule has 1 saturated heterocycles. The Balaban J connectivity index is 1.40. The van der Waals surface area contributed by atoms with Crippen LogP contribution in [-0.4, -0.2) is 63.8 Å². The molecule has 1 aliphatic heterocycles. The van der Waals surface area contributed by atoms with E-state index in [1.807, 2.05) is 13.8 Å². The highest BCUT2D eigenvalue weighted by Gasteiger charge is 2.17. The van der Waals surface area contributed by atoms with Crippen LogP contribution in [0.3, 0.4) is 0 Å². The third-order valence-corrected chi connectivity index (χ3v) is 7.72. The van der Waals surface area contributed by atoms with Crippen molar-refractivity contribution in [2.75, 3.05) is 54.9 Å². The van der Waals surface area contributed by atoms with Gasteiger partial charge in [-0.25, -0.2) is 14.4 Å². The molecule has 0 amide bonds. The van der Waals surface area contributed by atoms with Crippen molar-refractivity contribution >= 4 is 33.9 Å². The minimum absolute atomic E-state index is 0.307. The number of anilines is 2. The monoisotopic (exact) mass is 529 g/mol. The minimum Gasteiger partial charge on any atom is -0.369 e. The van der Waals surface area contributed by atoms with Crippen molar-refractivity contribution in [2.45, 2.75) is 26.8 Å². The first-order valence-corrected chi connectivity index (χ1v) is 14.3. The number of nitrogens with one attached hydrogen (secondary N) is 1. The Bertz CT molecular complexity index is 1220. The smallest absolute Gasteiger partial charge is 0.161 e. The van der Waals surface area contributed by atoms with Crippen LogP contribution in [0.15, 0.2) is 42.5 Å². The molecule has 3 aromatic rings. The van der Waals surface area contributed by atoms with Crippen molar-refractivity contribution in [3.05, 3.63) is 70.1 Å². The molecule has 1 unspecified atom stereocenters. The fourth-order valence-electron chi connectivity index (χ4n) is 4.32. The summed E-state index contributed by atoms with van der Waals surface area (Å²) in [6.45, 7) is 9.22. The molecule has 2 heterocycles. The zero-order valence-corrected chi connectivity index (χ0v) is 22.6. The first-order chi connectivity index (χ1) is 17.3. The SMILES string of the molecule is Cc1nc(-c2ccc(N3CCN(CCCS(C)=O)CC3)cc2)nc(NCc2ccc(Cl)cc2F)c1C. The molecule has 0 spiro atoms. The quantitative estimate of drug-likeness (QED) is 0.418. The molecular formula is C27H33ClFN5OS. The Morgan fingerprint density at radius 1 is 1.06 bits per heavy atom. The van der Waals surface area contributed by atoms with E-state index in [0.717, 1.165) is 61.7 Å². The Morgan fingerprint density at radius 3 is 2.44 bits per heavy atom. The van der Waals surface area contributed by atoms with Gasteiger partial charge < -0.3 is 10.2 Å². The van der Waals surface area contributed by atoms with Crippen LogP contribution in [0.1, 0.15) is 23.2 Å². The van der Waals surface area contributed by atoms with E-state index in [-0.39, 0.29) is 5.82 Å². The van der Waals surface area contributed by atoms with Gasteiger partial charge in [0.05, 0.1) is 0 Å². The molecule has 1 N–H and O–H groups in total. The largest absolute Gasteiger partial charge is 0.369 e. The molecule has 6 nitrogen and oxygen atoms in total. The van der Waals surface area contributed by atoms with Crippen molar-refractivity contribution in [3.63, 3.8) is 0 Å². The van der Waals surface area contributed by atoms with Gasteiger partial charge >= 0.3 is 0 Å². The van der Waals surface area contributed by atoms with Gasteiger partial charge in [0.1, 0.15) is 11.6 Å². The highest BCUT2D eigenvalue weighted by molar-refractivity contribution is 7.84. The minimum atomic E-state index is -0.712. The average Bonchev–Trinajstić information content (AvgIpc) is 2.86. The molecule has 192 valence electrons. The van der Waals surface area contributed by atoms with Gasteiger partial charge in [-0.3, -0.25) is 9.11 Å². The number of hydrogen-bond acceptors (Lipinski definition) is 6. The molecule has 1 aromatic heterocycles. The summed E-state index contributed by atoms with van der Waals surface area (Å²) in [4.78, 5) is 14.3. The highest BCUT2D eigenvalue weighted by Crippen LogP contribution is 2.26. The van der Waals surface area contributed by atoms with Gasteiger partial charge in [-0.1, -0.05) is 17.7 Å². The number of aromatic nitrogens is 2. The summed E-state index contributed by atoms with van der Waals surface area (Å²) in [5.41, 5.74) is 4.47. The molecule has 36 heavy (non-hydrogen) atoms. The fraction of sp³-hybridized carbons (Fsp3) is 0.407. The molecule has 2 aromatic carbocycles. The summed E-state index contributed by atoms with van der Waals surface area (Å²) in [5.74, 6) is 1.77. The predicted octanol–water partition coefficient (Wildman–Crippen LogP) is 5.06. The number of aryl methyl sites for hydroxylation is 1. The van der Waals surface area contributed by atoms with Gasteiger partial charge in [0, 0.05) is 88.6 Å². The fourth-order valence-corrected chi connectivity index (χ4v) is 5.01. The Kier molecular flexibility index (Phi) is 8.93. The number of benzene rings is 2. The van der Waals surface area contributed by atoms with Gasteiger partial charge in [0.25, 0.3) is 0 Å². The van der Waals surface area contributed by atoms with Crippen LogP contribution in [0, 0.1) is 19.7 Å². The lowest BCUT2D eigenvalue weighted by molar-refractivity contribution is 0.259. The lowest BCUT2D eigenvalue weighted by Gasteiger charge is -2.36. The molecule has 9 heteroatoms. The van der Waals surface area contributed by atoms with E-state index in [9.17, 15) is 8.60 Å². The van der Waals surface area contributed by atoms with E-state index in [0.29, 0.717) is 28.8 Å². The molecule has 1 fully saturated rings. The van der Waals surface area contributed by atoms with Crippen LogP contribution in [0.25, 0.3) is 11.4 Å². The highest BCUT2D eigenvalue weighted by atomic mass is 35.5. The Hall–Kier alpha value is -2.55. The summed E-state index contributed by atoms with van der Waals surface area (Å²) in [6.07, 6.45) is 2.75. The molecule has 0 radical (unpaired) electrons.